The molecular formula is C47H85N3O10. The van der Waals surface area contributed by atoms with Gasteiger partial charge in [0.25, 0.3) is 0 Å². The van der Waals surface area contributed by atoms with E-state index in [0.717, 1.165) is 18.4 Å². The molecule has 0 aliphatic carbocycles. The van der Waals surface area contributed by atoms with E-state index in [1.165, 1.54) is 0 Å². The first-order valence-corrected chi connectivity index (χ1v) is 21.6. The van der Waals surface area contributed by atoms with Crippen LogP contribution in [0.15, 0.2) is 30.3 Å². The summed E-state index contributed by atoms with van der Waals surface area (Å²) in [6, 6.07) is 8.27. The first-order chi connectivity index (χ1) is 27.7. The van der Waals surface area contributed by atoms with Crippen LogP contribution in [0, 0.1) is 29.6 Å². The number of rotatable bonds is 22. The number of nitrogens with two attached hydrogens (primary N) is 1. The van der Waals surface area contributed by atoms with Gasteiger partial charge in [-0.1, -0.05) is 98.6 Å². The first-order valence-electron chi connectivity index (χ1n) is 21.6. The molecule has 13 heteroatoms. The zero-order valence-corrected chi connectivity index (χ0v) is 40.5. The second-order valence-corrected chi connectivity index (χ2v) is 18.8. The van der Waals surface area contributed by atoms with Crippen LogP contribution < -0.4 is 5.73 Å². The van der Waals surface area contributed by atoms with Gasteiger partial charge in [0, 0.05) is 29.7 Å². The Hall–Kier alpha value is -3.55. The van der Waals surface area contributed by atoms with Crippen LogP contribution in [0.2, 0.25) is 0 Å². The van der Waals surface area contributed by atoms with Crippen molar-refractivity contribution in [2.24, 2.45) is 35.3 Å². The maximum atomic E-state index is 13.6. The first kappa shape index (κ1) is 56.5. The SMILES string of the molecule is CC[C@H](C)[C@@H]([C@@H](CC(=O)OC(C)(C)C)OC)N(C)C(=O)C(CC(=O)OCc1ccccc1)C(C)C.CC[C@H](C)[C@@H]([C@@H](CC(=O)OC(C)(C)C)OC)N(C)C(=O)C(N)C(C)C.[HH]. The Bertz CT molecular complexity index is 1450. The molecule has 13 nitrogen and oxygen atoms in total. The summed E-state index contributed by atoms with van der Waals surface area (Å²) in [6.45, 7) is 27.0. The van der Waals surface area contributed by atoms with Crippen LogP contribution in [0.25, 0.3) is 0 Å². The van der Waals surface area contributed by atoms with Crippen molar-refractivity contribution in [1.82, 2.24) is 9.80 Å². The van der Waals surface area contributed by atoms with Crippen molar-refractivity contribution in [2.45, 2.75) is 177 Å². The minimum atomic E-state index is -0.605. The summed E-state index contributed by atoms with van der Waals surface area (Å²) in [5.74, 6) is -1.77. The Morgan fingerprint density at radius 2 is 1.03 bits per heavy atom. The molecule has 2 N–H and O–H groups in total. The number of carbonyl (C=O) groups is 5. The minimum absolute atomic E-state index is 0. The van der Waals surface area contributed by atoms with Crippen LogP contribution in [0.5, 0.6) is 0 Å². The maximum absolute atomic E-state index is 13.6. The summed E-state index contributed by atoms with van der Waals surface area (Å²) in [5, 5.41) is 0. The third-order valence-electron chi connectivity index (χ3n) is 10.7. The maximum Gasteiger partial charge on any atom is 0.309 e. The van der Waals surface area contributed by atoms with E-state index in [1.807, 2.05) is 113 Å². The molecular weight excluding hydrogens is 767 g/mol. The number of ether oxygens (including phenoxy) is 5. The highest BCUT2D eigenvalue weighted by Gasteiger charge is 2.39. The molecule has 0 aromatic heterocycles. The number of methoxy groups -OCH3 is 2. The fourth-order valence-electron chi connectivity index (χ4n) is 6.92. The summed E-state index contributed by atoms with van der Waals surface area (Å²) in [7, 11) is 6.57. The quantitative estimate of drug-likeness (QED) is 0.0893. The molecule has 60 heavy (non-hydrogen) atoms. The van der Waals surface area contributed by atoms with Crippen LogP contribution in [0.1, 0.15) is 136 Å². The van der Waals surface area contributed by atoms with Gasteiger partial charge in [0.15, 0.2) is 0 Å². The van der Waals surface area contributed by atoms with Crippen LogP contribution in [-0.4, -0.2) is 109 Å². The summed E-state index contributed by atoms with van der Waals surface area (Å²) in [6.07, 6.45) is 0.785. The molecule has 0 heterocycles. The predicted molar refractivity (Wildman–Crippen MR) is 239 cm³/mol. The van der Waals surface area contributed by atoms with E-state index in [4.69, 9.17) is 29.4 Å². The van der Waals surface area contributed by atoms with Crippen LogP contribution in [0.4, 0.5) is 0 Å². The molecule has 0 saturated carbocycles. The van der Waals surface area contributed by atoms with E-state index in [2.05, 4.69) is 13.8 Å². The second-order valence-electron chi connectivity index (χ2n) is 18.8. The number of nitrogens with zero attached hydrogens (tertiary/aromatic N) is 2. The molecule has 1 rings (SSSR count). The number of carbonyl (C=O) groups excluding carboxylic acids is 5. The molecule has 0 bridgehead atoms. The van der Waals surface area contributed by atoms with E-state index >= 15 is 0 Å². The number of benzene rings is 1. The molecule has 1 aromatic rings. The third-order valence-corrected chi connectivity index (χ3v) is 10.7. The molecule has 348 valence electrons. The standard InChI is InChI=1S/C28H45NO6.C19H38N2O4.H2/c1-10-20(4)26(23(33-9)17-25(31)35-28(5,6)7)29(8)27(32)22(19(2)3)16-24(30)34-18-21-14-12-11-13-15-21;1-10-13(4)17(21(8)18(23)16(20)12(2)3)14(24-9)11-15(22)25-19(5,6)7;/h11-15,19-20,22-23,26H,10,16-18H2,1-9H3;12-14,16-17H,10-11,20H2,1-9H3;1H/t20-,22?,23+,26-;13-,14+,16?,17-;/m00./s1. The summed E-state index contributed by atoms with van der Waals surface area (Å²) in [4.78, 5) is 67.1. The van der Waals surface area contributed by atoms with Gasteiger partial charge in [-0.2, -0.15) is 0 Å². The van der Waals surface area contributed by atoms with E-state index in [0.29, 0.717) is 0 Å². The fraction of sp³-hybridized carbons (Fsp3) is 0.766. The van der Waals surface area contributed by atoms with Crippen molar-refractivity contribution in [2.75, 3.05) is 28.3 Å². The van der Waals surface area contributed by atoms with Crippen molar-refractivity contribution < 1.29 is 49.1 Å². The minimum Gasteiger partial charge on any atom is -0.461 e. The molecule has 0 aliphatic rings. The van der Waals surface area contributed by atoms with Gasteiger partial charge in [0.05, 0.1) is 55.5 Å². The van der Waals surface area contributed by atoms with Crippen LogP contribution in [-0.2, 0) is 54.3 Å². The molecule has 2 unspecified atom stereocenters. The average molecular weight is 852 g/mol. The highest BCUT2D eigenvalue weighted by molar-refractivity contribution is 5.84. The summed E-state index contributed by atoms with van der Waals surface area (Å²) < 4.78 is 27.7. The van der Waals surface area contributed by atoms with Crippen molar-refractivity contribution >= 4 is 29.7 Å². The molecule has 0 radical (unpaired) electrons. The number of esters is 3. The monoisotopic (exact) mass is 852 g/mol. The lowest BCUT2D eigenvalue weighted by Gasteiger charge is -2.39. The Labute approximate surface area is 364 Å². The Morgan fingerprint density at radius 1 is 0.633 bits per heavy atom. The number of hydrogen-bond donors (Lipinski definition) is 1. The van der Waals surface area contributed by atoms with Gasteiger partial charge < -0.3 is 39.2 Å². The topological polar surface area (TPSA) is 164 Å². The van der Waals surface area contributed by atoms with E-state index < -0.39 is 41.3 Å². The highest BCUT2D eigenvalue weighted by atomic mass is 16.6. The molecule has 0 spiro atoms. The average Bonchev–Trinajstić information content (AvgIpc) is 3.16. The van der Waals surface area contributed by atoms with Gasteiger partial charge in [-0.05, 0) is 70.8 Å². The lowest BCUT2D eigenvalue weighted by molar-refractivity contribution is -0.162. The van der Waals surface area contributed by atoms with Crippen molar-refractivity contribution in [1.29, 1.82) is 0 Å². The number of hydrogen-bond acceptors (Lipinski definition) is 11. The van der Waals surface area contributed by atoms with Gasteiger partial charge in [0.1, 0.15) is 17.8 Å². The summed E-state index contributed by atoms with van der Waals surface area (Å²) in [5.41, 5.74) is 5.78. The molecule has 0 aliphatic heterocycles. The van der Waals surface area contributed by atoms with Crippen molar-refractivity contribution in [3.8, 4) is 0 Å². The fourth-order valence-corrected chi connectivity index (χ4v) is 6.92. The van der Waals surface area contributed by atoms with Gasteiger partial charge in [-0.25, -0.2) is 0 Å². The normalized spacial score (nSPS) is 15.9. The smallest absolute Gasteiger partial charge is 0.309 e. The third kappa shape index (κ3) is 20.3. The largest absolute Gasteiger partial charge is 0.461 e. The van der Waals surface area contributed by atoms with Gasteiger partial charge in [-0.3, -0.25) is 24.0 Å². The number of likely N-dealkylation sites (N-methyl/N-ethyl adjacent to an activating group) is 2. The summed E-state index contributed by atoms with van der Waals surface area (Å²) >= 11 is 0. The molecule has 0 saturated heterocycles. The molecule has 0 fully saturated rings. The Kier molecular flexibility index (Phi) is 25.1. The van der Waals surface area contributed by atoms with Crippen LogP contribution in [0.3, 0.4) is 0 Å². The predicted octanol–water partition coefficient (Wildman–Crippen LogP) is 7.85. The van der Waals surface area contributed by atoms with Gasteiger partial charge >= 0.3 is 17.9 Å². The van der Waals surface area contributed by atoms with E-state index in [9.17, 15) is 24.0 Å². The van der Waals surface area contributed by atoms with Gasteiger partial charge in [0.2, 0.25) is 11.8 Å². The van der Waals surface area contributed by atoms with Gasteiger partial charge in [-0.15, -0.1) is 0 Å². The number of amides is 2. The lowest BCUT2D eigenvalue weighted by Crippen LogP contribution is -2.55. The van der Waals surface area contributed by atoms with E-state index in [1.54, 1.807) is 38.1 Å². The second kappa shape index (κ2) is 26.7. The zero-order chi connectivity index (χ0) is 46.7. The van der Waals surface area contributed by atoms with Crippen molar-refractivity contribution in [3.63, 3.8) is 0 Å². The van der Waals surface area contributed by atoms with Crippen LogP contribution >= 0.6 is 0 Å². The Balaban J connectivity index is 0. The lowest BCUT2D eigenvalue weighted by atomic mass is 9.87. The molecule has 1 aromatic carbocycles. The Morgan fingerprint density at radius 3 is 1.37 bits per heavy atom. The molecule has 2 amide bonds. The highest BCUT2D eigenvalue weighted by Crippen LogP contribution is 2.28. The van der Waals surface area contributed by atoms with E-state index in [-0.39, 0.29) is 86.8 Å². The van der Waals surface area contributed by atoms with Crippen molar-refractivity contribution in [3.05, 3.63) is 35.9 Å². The zero-order valence-electron chi connectivity index (χ0n) is 40.5. The molecule has 8 atom stereocenters.